The molecule has 126 valence electrons. The molecule has 8 heteroatoms. The summed E-state index contributed by atoms with van der Waals surface area (Å²) < 4.78 is 24.5. The van der Waals surface area contributed by atoms with Gasteiger partial charge in [-0.1, -0.05) is 0 Å². The van der Waals surface area contributed by atoms with Gasteiger partial charge in [0.2, 0.25) is 11.9 Å². The molecule has 7 nitrogen and oxygen atoms in total. The van der Waals surface area contributed by atoms with Crippen LogP contribution in [-0.4, -0.2) is 72.9 Å². The minimum absolute atomic E-state index is 0.0175. The Morgan fingerprint density at radius 1 is 1.48 bits per heavy atom. The molecule has 1 spiro atoms. The highest BCUT2D eigenvalue weighted by Crippen LogP contribution is 2.36. The molecule has 2 saturated heterocycles. The summed E-state index contributed by atoms with van der Waals surface area (Å²) in [5.41, 5.74) is -0.276. The highest BCUT2D eigenvalue weighted by atomic mass is 19.1. The summed E-state index contributed by atoms with van der Waals surface area (Å²) in [6, 6.07) is 0. The van der Waals surface area contributed by atoms with Crippen LogP contribution < -0.4 is 4.90 Å². The van der Waals surface area contributed by atoms with Gasteiger partial charge in [-0.2, -0.15) is 0 Å². The number of nitrogens with zero attached hydrogens (tertiary/aromatic N) is 4. The topological polar surface area (TPSA) is 67.8 Å². The second-order valence-electron chi connectivity index (χ2n) is 6.30. The molecule has 1 aromatic rings. The van der Waals surface area contributed by atoms with E-state index in [9.17, 15) is 9.18 Å². The second kappa shape index (κ2) is 6.37. The minimum Gasteiger partial charge on any atom is -0.371 e. The summed E-state index contributed by atoms with van der Waals surface area (Å²) in [6.07, 6.45) is 3.87. The number of likely N-dealkylation sites (N-methyl/N-ethyl adjacent to an activating group) is 1. The number of anilines is 1. The van der Waals surface area contributed by atoms with Gasteiger partial charge in [-0.05, 0) is 6.42 Å². The fourth-order valence-corrected chi connectivity index (χ4v) is 2.92. The van der Waals surface area contributed by atoms with Crippen molar-refractivity contribution in [2.45, 2.75) is 24.5 Å². The molecule has 0 radical (unpaired) electrons. The highest BCUT2D eigenvalue weighted by molar-refractivity contribution is 5.76. The van der Waals surface area contributed by atoms with Gasteiger partial charge in [-0.25, -0.2) is 14.4 Å². The first kappa shape index (κ1) is 16.1. The lowest BCUT2D eigenvalue weighted by molar-refractivity contribution is -0.156. The first-order valence-electron chi connectivity index (χ1n) is 7.66. The van der Waals surface area contributed by atoms with E-state index in [0.29, 0.717) is 25.6 Å². The van der Waals surface area contributed by atoms with Crippen molar-refractivity contribution < 1.29 is 18.7 Å². The second-order valence-corrected chi connectivity index (χ2v) is 6.30. The van der Waals surface area contributed by atoms with Gasteiger partial charge in [0.05, 0.1) is 31.6 Å². The maximum atomic E-state index is 12.9. The minimum atomic E-state index is -0.447. The third kappa shape index (κ3) is 3.59. The lowest BCUT2D eigenvalue weighted by atomic mass is 9.85. The standard InChI is InChI=1S/C15H21FN4O3/c1-19(2)13(21)8-22-12-3-4-23-15(5-12)9-20(10-15)14-17-6-11(16)7-18-14/h6-7,12H,3-5,8-10H2,1-2H3. The van der Waals surface area contributed by atoms with Crippen LogP contribution in [0.3, 0.4) is 0 Å². The molecule has 0 saturated carbocycles. The van der Waals surface area contributed by atoms with Crippen LogP contribution in [0.15, 0.2) is 12.4 Å². The molecule has 2 aliphatic heterocycles. The molecule has 0 aliphatic carbocycles. The Bertz CT molecular complexity index is 560. The summed E-state index contributed by atoms with van der Waals surface area (Å²) in [6.45, 7) is 2.01. The summed E-state index contributed by atoms with van der Waals surface area (Å²) in [7, 11) is 3.42. The van der Waals surface area contributed by atoms with Crippen molar-refractivity contribution in [3.63, 3.8) is 0 Å². The highest BCUT2D eigenvalue weighted by Gasteiger charge is 2.48. The normalized spacial score (nSPS) is 22.7. The molecule has 3 rings (SSSR count). The summed E-state index contributed by atoms with van der Waals surface area (Å²) in [5.74, 6) is 0.0175. The molecule has 1 unspecified atom stereocenters. The monoisotopic (exact) mass is 324 g/mol. The van der Waals surface area contributed by atoms with Gasteiger partial charge in [0.15, 0.2) is 5.82 Å². The van der Waals surface area contributed by atoms with Crippen molar-refractivity contribution >= 4 is 11.9 Å². The molecular formula is C15H21FN4O3. The van der Waals surface area contributed by atoms with Crippen LogP contribution in [0.5, 0.6) is 0 Å². The number of rotatable bonds is 4. The van der Waals surface area contributed by atoms with Crippen LogP contribution in [0.1, 0.15) is 12.8 Å². The smallest absolute Gasteiger partial charge is 0.248 e. The fraction of sp³-hybridized carbons (Fsp3) is 0.667. The Morgan fingerprint density at radius 2 is 2.17 bits per heavy atom. The number of amides is 1. The van der Waals surface area contributed by atoms with Crippen molar-refractivity contribution in [1.82, 2.24) is 14.9 Å². The maximum absolute atomic E-state index is 12.9. The number of halogens is 1. The number of aromatic nitrogens is 2. The number of hydrogen-bond acceptors (Lipinski definition) is 6. The molecule has 1 aromatic heterocycles. The molecule has 1 amide bonds. The van der Waals surface area contributed by atoms with E-state index in [1.54, 1.807) is 14.1 Å². The molecule has 23 heavy (non-hydrogen) atoms. The molecule has 2 aliphatic rings. The van der Waals surface area contributed by atoms with Crippen LogP contribution in [0.2, 0.25) is 0 Å². The summed E-state index contributed by atoms with van der Waals surface area (Å²) >= 11 is 0. The number of hydrogen-bond donors (Lipinski definition) is 0. The molecular weight excluding hydrogens is 303 g/mol. The number of ether oxygens (including phenoxy) is 2. The molecule has 0 bridgehead atoms. The van der Waals surface area contributed by atoms with Gasteiger partial charge in [-0.3, -0.25) is 4.79 Å². The van der Waals surface area contributed by atoms with Gasteiger partial charge >= 0.3 is 0 Å². The Kier molecular flexibility index (Phi) is 4.45. The predicted molar refractivity (Wildman–Crippen MR) is 80.6 cm³/mol. The lowest BCUT2D eigenvalue weighted by Crippen LogP contribution is -2.66. The fourth-order valence-electron chi connectivity index (χ4n) is 2.92. The molecule has 2 fully saturated rings. The SMILES string of the molecule is CN(C)C(=O)COC1CCOC2(C1)CN(c1ncc(F)cn1)C2. The van der Waals surface area contributed by atoms with Crippen LogP contribution in [0.25, 0.3) is 0 Å². The summed E-state index contributed by atoms with van der Waals surface area (Å²) in [4.78, 5) is 23.0. The van der Waals surface area contributed by atoms with Crippen molar-refractivity contribution in [1.29, 1.82) is 0 Å². The van der Waals surface area contributed by atoms with Crippen LogP contribution in [-0.2, 0) is 14.3 Å². The Hall–Kier alpha value is -1.80. The average Bonchev–Trinajstić information content (AvgIpc) is 2.51. The molecule has 0 N–H and O–H groups in total. The van der Waals surface area contributed by atoms with Crippen LogP contribution in [0, 0.1) is 5.82 Å². The van der Waals surface area contributed by atoms with E-state index in [1.807, 2.05) is 4.90 Å². The molecule has 0 aromatic carbocycles. The van der Waals surface area contributed by atoms with Crippen molar-refractivity contribution in [3.8, 4) is 0 Å². The largest absolute Gasteiger partial charge is 0.371 e. The van der Waals surface area contributed by atoms with Crippen molar-refractivity contribution in [2.24, 2.45) is 0 Å². The van der Waals surface area contributed by atoms with Gasteiger partial charge in [0.1, 0.15) is 12.2 Å². The Labute approximate surface area is 134 Å². The zero-order valence-corrected chi connectivity index (χ0v) is 13.4. The predicted octanol–water partition coefficient (Wildman–Crippen LogP) is 0.458. The maximum Gasteiger partial charge on any atom is 0.248 e. The average molecular weight is 324 g/mol. The van der Waals surface area contributed by atoms with Crippen molar-refractivity contribution in [2.75, 3.05) is 45.3 Å². The molecule has 3 heterocycles. The lowest BCUT2D eigenvalue weighted by Gasteiger charge is -2.52. The van der Waals surface area contributed by atoms with E-state index in [1.165, 1.54) is 4.90 Å². The Morgan fingerprint density at radius 3 is 2.83 bits per heavy atom. The van der Waals surface area contributed by atoms with Gasteiger partial charge in [0.25, 0.3) is 0 Å². The third-order valence-corrected chi connectivity index (χ3v) is 4.24. The zero-order valence-electron chi connectivity index (χ0n) is 13.4. The van der Waals surface area contributed by atoms with E-state index in [-0.39, 0.29) is 24.2 Å². The van der Waals surface area contributed by atoms with E-state index >= 15 is 0 Å². The molecule has 1 atom stereocenters. The Balaban J connectivity index is 1.51. The van der Waals surface area contributed by atoms with Gasteiger partial charge in [-0.15, -0.1) is 0 Å². The summed E-state index contributed by atoms with van der Waals surface area (Å²) in [5, 5.41) is 0. The number of carbonyl (C=O) groups excluding carboxylic acids is 1. The van der Waals surface area contributed by atoms with Gasteiger partial charge in [0, 0.05) is 27.1 Å². The van der Waals surface area contributed by atoms with E-state index in [0.717, 1.165) is 25.2 Å². The first-order chi connectivity index (χ1) is 11.0. The van der Waals surface area contributed by atoms with E-state index in [4.69, 9.17) is 9.47 Å². The van der Waals surface area contributed by atoms with E-state index in [2.05, 4.69) is 9.97 Å². The van der Waals surface area contributed by atoms with Crippen molar-refractivity contribution in [3.05, 3.63) is 18.2 Å². The third-order valence-electron chi connectivity index (χ3n) is 4.24. The van der Waals surface area contributed by atoms with E-state index < -0.39 is 5.82 Å². The van der Waals surface area contributed by atoms with Gasteiger partial charge < -0.3 is 19.3 Å². The quantitative estimate of drug-likeness (QED) is 0.801. The zero-order chi connectivity index (χ0) is 16.4. The number of carbonyl (C=O) groups is 1. The van der Waals surface area contributed by atoms with Crippen LogP contribution >= 0.6 is 0 Å². The first-order valence-corrected chi connectivity index (χ1v) is 7.66. The van der Waals surface area contributed by atoms with Crippen LogP contribution in [0.4, 0.5) is 10.3 Å².